The maximum atomic E-state index is 5.81. The van der Waals surface area contributed by atoms with E-state index in [4.69, 9.17) is 10.5 Å². The fourth-order valence-electron chi connectivity index (χ4n) is 2.57. The van der Waals surface area contributed by atoms with Gasteiger partial charge in [-0.2, -0.15) is 0 Å². The van der Waals surface area contributed by atoms with E-state index in [0.29, 0.717) is 0 Å². The lowest BCUT2D eigenvalue weighted by atomic mass is 10.1. The third-order valence-corrected chi connectivity index (χ3v) is 4.08. The van der Waals surface area contributed by atoms with Gasteiger partial charge < -0.3 is 10.5 Å². The third-order valence-electron chi connectivity index (χ3n) is 4.08. The molecule has 0 aliphatic carbocycles. The maximum Gasteiger partial charge on any atom is 0.119 e. The van der Waals surface area contributed by atoms with Gasteiger partial charge in [0.05, 0.1) is 6.61 Å². The summed E-state index contributed by atoms with van der Waals surface area (Å²) < 4.78 is 5.81. The molecule has 0 radical (unpaired) electrons. The van der Waals surface area contributed by atoms with E-state index in [1.165, 1.54) is 56.9 Å². The van der Waals surface area contributed by atoms with Gasteiger partial charge in [0.2, 0.25) is 0 Å². The fourth-order valence-corrected chi connectivity index (χ4v) is 2.57. The second-order valence-electron chi connectivity index (χ2n) is 6.48. The molecule has 1 aromatic carbocycles. The number of nitrogens with two attached hydrogens (primary N) is 1. The van der Waals surface area contributed by atoms with E-state index in [0.717, 1.165) is 25.2 Å². The van der Waals surface area contributed by atoms with Crippen LogP contribution in [0.1, 0.15) is 77.2 Å². The lowest BCUT2D eigenvalue weighted by molar-refractivity contribution is 0.304. The summed E-state index contributed by atoms with van der Waals surface area (Å²) in [6.45, 7) is 5.16. The highest BCUT2D eigenvalue weighted by Gasteiger charge is 1.99. The molecule has 126 valence electrons. The van der Waals surface area contributed by atoms with Crippen molar-refractivity contribution < 1.29 is 4.74 Å². The molecule has 0 aromatic heterocycles. The molecule has 2 heteroatoms. The molecule has 0 spiro atoms. The van der Waals surface area contributed by atoms with Gasteiger partial charge in [0.25, 0.3) is 0 Å². The fraction of sp³-hybridized carbons (Fsp3) is 0.700. The Morgan fingerprint density at radius 3 is 2.09 bits per heavy atom. The highest BCUT2D eigenvalue weighted by Crippen LogP contribution is 2.15. The number of hydrogen-bond donors (Lipinski definition) is 1. The molecule has 1 unspecified atom stereocenters. The summed E-state index contributed by atoms with van der Waals surface area (Å²) in [4.78, 5) is 0. The van der Waals surface area contributed by atoms with Crippen LogP contribution in [0.15, 0.2) is 24.3 Å². The van der Waals surface area contributed by atoms with Gasteiger partial charge in [-0.25, -0.2) is 0 Å². The molecule has 0 heterocycles. The van der Waals surface area contributed by atoms with Crippen molar-refractivity contribution in [2.75, 3.05) is 6.61 Å². The molecule has 2 N–H and O–H groups in total. The average Bonchev–Trinajstić information content (AvgIpc) is 2.52. The second kappa shape index (κ2) is 12.5. The van der Waals surface area contributed by atoms with Crippen LogP contribution < -0.4 is 10.5 Å². The van der Waals surface area contributed by atoms with Crippen molar-refractivity contribution in [2.24, 2.45) is 5.73 Å². The number of rotatable bonds is 13. The molecule has 0 aliphatic rings. The molecular weight excluding hydrogens is 270 g/mol. The summed E-state index contributed by atoms with van der Waals surface area (Å²) in [5, 5.41) is 0. The van der Waals surface area contributed by atoms with Crippen LogP contribution in [-0.4, -0.2) is 12.6 Å². The number of unbranched alkanes of at least 4 members (excludes halogenated alkanes) is 7. The van der Waals surface area contributed by atoms with Gasteiger partial charge in [-0.1, -0.05) is 64.0 Å². The third kappa shape index (κ3) is 9.83. The van der Waals surface area contributed by atoms with Crippen LogP contribution in [-0.2, 0) is 6.42 Å². The van der Waals surface area contributed by atoms with Crippen LogP contribution >= 0.6 is 0 Å². The number of ether oxygens (including phenoxy) is 1. The maximum absolute atomic E-state index is 5.81. The normalized spacial score (nSPS) is 12.3. The van der Waals surface area contributed by atoms with E-state index >= 15 is 0 Å². The lowest BCUT2D eigenvalue weighted by Crippen LogP contribution is -2.15. The SMILES string of the molecule is CCCCCCCCCCOc1ccc(CCC(C)N)cc1. The molecule has 0 bridgehead atoms. The van der Waals surface area contributed by atoms with E-state index in [1.807, 2.05) is 0 Å². The largest absolute Gasteiger partial charge is 0.494 e. The van der Waals surface area contributed by atoms with Gasteiger partial charge in [0.1, 0.15) is 5.75 Å². The summed E-state index contributed by atoms with van der Waals surface area (Å²) in [6.07, 6.45) is 12.8. The standard InChI is InChI=1S/C20H35NO/c1-3-4-5-6-7-8-9-10-17-22-20-15-13-19(14-16-20)12-11-18(2)21/h13-16,18H,3-12,17,21H2,1-2H3. The summed E-state index contributed by atoms with van der Waals surface area (Å²) >= 11 is 0. The second-order valence-corrected chi connectivity index (χ2v) is 6.48. The Bertz CT molecular complexity index is 358. The quantitative estimate of drug-likeness (QED) is 0.489. The van der Waals surface area contributed by atoms with Crippen molar-refractivity contribution in [2.45, 2.75) is 84.1 Å². The molecule has 1 rings (SSSR count). The molecule has 22 heavy (non-hydrogen) atoms. The van der Waals surface area contributed by atoms with E-state index in [1.54, 1.807) is 0 Å². The molecule has 0 saturated heterocycles. The van der Waals surface area contributed by atoms with Crippen molar-refractivity contribution in [3.63, 3.8) is 0 Å². The van der Waals surface area contributed by atoms with E-state index in [-0.39, 0.29) is 6.04 Å². The zero-order chi connectivity index (χ0) is 16.0. The minimum absolute atomic E-state index is 0.276. The molecule has 0 fully saturated rings. The first-order valence-electron chi connectivity index (χ1n) is 9.19. The van der Waals surface area contributed by atoms with Gasteiger partial charge in [0.15, 0.2) is 0 Å². The average molecular weight is 306 g/mol. The Balaban J connectivity index is 2.03. The Hall–Kier alpha value is -1.02. The summed E-state index contributed by atoms with van der Waals surface area (Å²) in [7, 11) is 0. The molecule has 1 atom stereocenters. The molecular formula is C20H35NO. The van der Waals surface area contributed by atoms with Gasteiger partial charge in [-0.3, -0.25) is 0 Å². The Morgan fingerprint density at radius 2 is 1.50 bits per heavy atom. The van der Waals surface area contributed by atoms with Crippen LogP contribution in [0.3, 0.4) is 0 Å². The summed E-state index contributed by atoms with van der Waals surface area (Å²) in [5.74, 6) is 0.993. The zero-order valence-electron chi connectivity index (χ0n) is 14.7. The van der Waals surface area contributed by atoms with Crippen molar-refractivity contribution in [3.05, 3.63) is 29.8 Å². The predicted molar refractivity (Wildman–Crippen MR) is 96.5 cm³/mol. The highest BCUT2D eigenvalue weighted by atomic mass is 16.5. The minimum Gasteiger partial charge on any atom is -0.494 e. The Kier molecular flexibility index (Phi) is 10.8. The van der Waals surface area contributed by atoms with Gasteiger partial charge >= 0.3 is 0 Å². The molecule has 0 saturated carbocycles. The first-order chi connectivity index (χ1) is 10.7. The van der Waals surface area contributed by atoms with Crippen LogP contribution in [0.2, 0.25) is 0 Å². The van der Waals surface area contributed by atoms with Crippen LogP contribution in [0.5, 0.6) is 5.75 Å². The number of benzene rings is 1. The summed E-state index contributed by atoms with van der Waals surface area (Å²) in [5.41, 5.74) is 7.13. The van der Waals surface area contributed by atoms with Crippen LogP contribution in [0, 0.1) is 0 Å². The van der Waals surface area contributed by atoms with Gasteiger partial charge in [0, 0.05) is 6.04 Å². The predicted octanol–water partition coefficient (Wildman–Crippen LogP) is 5.49. The van der Waals surface area contributed by atoms with E-state index in [9.17, 15) is 0 Å². The first kappa shape index (κ1) is 19.0. The molecule has 0 aliphatic heterocycles. The van der Waals surface area contributed by atoms with Crippen LogP contribution in [0.25, 0.3) is 0 Å². The monoisotopic (exact) mass is 305 g/mol. The van der Waals surface area contributed by atoms with Crippen molar-refractivity contribution >= 4 is 0 Å². The van der Waals surface area contributed by atoms with Gasteiger partial charge in [-0.05, 0) is 43.9 Å². The topological polar surface area (TPSA) is 35.2 Å². The molecule has 1 aromatic rings. The van der Waals surface area contributed by atoms with Crippen LogP contribution in [0.4, 0.5) is 0 Å². The summed E-state index contributed by atoms with van der Waals surface area (Å²) in [6, 6.07) is 8.76. The Morgan fingerprint density at radius 1 is 0.909 bits per heavy atom. The highest BCUT2D eigenvalue weighted by molar-refractivity contribution is 5.27. The molecule has 2 nitrogen and oxygen atoms in total. The van der Waals surface area contributed by atoms with Crippen molar-refractivity contribution in [1.29, 1.82) is 0 Å². The molecule has 0 amide bonds. The number of hydrogen-bond acceptors (Lipinski definition) is 2. The first-order valence-corrected chi connectivity index (χ1v) is 9.19. The van der Waals surface area contributed by atoms with Crippen molar-refractivity contribution in [1.82, 2.24) is 0 Å². The van der Waals surface area contributed by atoms with E-state index in [2.05, 4.69) is 38.1 Å². The number of aryl methyl sites for hydroxylation is 1. The Labute approximate surface area is 137 Å². The van der Waals surface area contributed by atoms with Gasteiger partial charge in [-0.15, -0.1) is 0 Å². The lowest BCUT2D eigenvalue weighted by Gasteiger charge is -2.08. The smallest absolute Gasteiger partial charge is 0.119 e. The van der Waals surface area contributed by atoms with E-state index < -0.39 is 0 Å². The minimum atomic E-state index is 0.276. The van der Waals surface area contributed by atoms with Crippen molar-refractivity contribution in [3.8, 4) is 5.75 Å². The zero-order valence-corrected chi connectivity index (χ0v) is 14.7.